The van der Waals surface area contributed by atoms with E-state index >= 15 is 0 Å². The first kappa shape index (κ1) is 13.5. The summed E-state index contributed by atoms with van der Waals surface area (Å²) in [6, 6.07) is 1.24. The minimum absolute atomic E-state index is 0.373. The van der Waals surface area contributed by atoms with E-state index in [1.165, 1.54) is 28.6 Å². The summed E-state index contributed by atoms with van der Waals surface area (Å²) in [6.45, 7) is -0.392. The van der Waals surface area contributed by atoms with Crippen LogP contribution in [0.2, 0.25) is 0 Å². The fourth-order valence-electron chi connectivity index (χ4n) is 1.85. The van der Waals surface area contributed by atoms with E-state index in [4.69, 9.17) is 9.84 Å². The lowest BCUT2D eigenvalue weighted by atomic mass is 10.1. The number of ether oxygens (including phenoxy) is 1. The number of aliphatic hydroxyl groups excluding tert-OH is 3. The minimum Gasteiger partial charge on any atom is -0.394 e. The fraction of sp³-hybridized carbons (Fsp3) is 0.600. The van der Waals surface area contributed by atoms with Crippen molar-refractivity contribution in [2.45, 2.75) is 29.7 Å². The summed E-state index contributed by atoms with van der Waals surface area (Å²) in [5.74, 6) is 0. The third kappa shape index (κ3) is 2.29. The van der Waals surface area contributed by atoms with Gasteiger partial charge in [-0.3, -0.25) is 9.36 Å². The second kappa shape index (κ2) is 5.37. The molecule has 1 saturated heterocycles. The van der Waals surface area contributed by atoms with E-state index in [1.54, 1.807) is 6.26 Å². The van der Waals surface area contributed by atoms with Crippen LogP contribution in [0.15, 0.2) is 22.2 Å². The molecule has 0 spiro atoms. The Bertz CT molecular complexity index is 480. The van der Waals surface area contributed by atoms with Crippen molar-refractivity contribution in [2.75, 3.05) is 12.9 Å². The molecule has 100 valence electrons. The molecule has 7 nitrogen and oxygen atoms in total. The molecule has 0 bridgehead atoms. The lowest BCUT2D eigenvalue weighted by molar-refractivity contribution is -0.0576. The average Bonchev–Trinajstić information content (AvgIpc) is 2.66. The maximum absolute atomic E-state index is 11.2. The highest BCUT2D eigenvalue weighted by Crippen LogP contribution is 2.31. The predicted octanol–water partition coefficient (Wildman–Crippen LogP) is -1.42. The highest BCUT2D eigenvalue weighted by Gasteiger charge is 2.43. The Morgan fingerprint density at radius 3 is 2.78 bits per heavy atom. The zero-order valence-electron chi connectivity index (χ0n) is 9.63. The van der Waals surface area contributed by atoms with E-state index in [0.29, 0.717) is 5.16 Å². The largest absolute Gasteiger partial charge is 0.394 e. The molecule has 8 heteroatoms. The Morgan fingerprint density at radius 2 is 2.22 bits per heavy atom. The summed E-state index contributed by atoms with van der Waals surface area (Å²) in [7, 11) is 0. The van der Waals surface area contributed by atoms with Crippen LogP contribution >= 0.6 is 11.8 Å². The third-order valence-electron chi connectivity index (χ3n) is 2.78. The van der Waals surface area contributed by atoms with Gasteiger partial charge in [0.15, 0.2) is 11.4 Å². The first-order valence-electron chi connectivity index (χ1n) is 5.34. The topological polar surface area (TPSA) is 105 Å². The molecule has 2 rings (SSSR count). The second-order valence-electron chi connectivity index (χ2n) is 3.89. The predicted molar refractivity (Wildman–Crippen MR) is 63.3 cm³/mol. The number of aliphatic hydroxyl groups is 3. The molecule has 3 N–H and O–H groups in total. The highest BCUT2D eigenvalue weighted by molar-refractivity contribution is 7.98. The van der Waals surface area contributed by atoms with Gasteiger partial charge in [0.25, 0.3) is 5.56 Å². The molecule has 0 radical (unpaired) electrons. The Morgan fingerprint density at radius 1 is 1.50 bits per heavy atom. The molecule has 1 aliphatic rings. The van der Waals surface area contributed by atoms with Crippen LogP contribution in [-0.4, -0.2) is 56.0 Å². The summed E-state index contributed by atoms with van der Waals surface area (Å²) >= 11 is 1.23. The van der Waals surface area contributed by atoms with Crippen molar-refractivity contribution in [3.63, 3.8) is 0 Å². The molecule has 1 aromatic rings. The quantitative estimate of drug-likeness (QED) is 0.459. The molecule has 1 fully saturated rings. The van der Waals surface area contributed by atoms with Gasteiger partial charge in [-0.25, -0.2) is 0 Å². The van der Waals surface area contributed by atoms with Crippen LogP contribution in [0.1, 0.15) is 6.23 Å². The van der Waals surface area contributed by atoms with Gasteiger partial charge in [-0.15, -0.1) is 0 Å². The van der Waals surface area contributed by atoms with E-state index in [2.05, 4.69) is 4.98 Å². The monoisotopic (exact) mass is 274 g/mol. The molecule has 1 aliphatic heterocycles. The number of rotatable bonds is 3. The minimum atomic E-state index is -1.18. The number of aromatic nitrogens is 2. The number of hydrogen-bond acceptors (Lipinski definition) is 7. The van der Waals surface area contributed by atoms with E-state index in [-0.39, 0.29) is 5.56 Å². The van der Waals surface area contributed by atoms with Crippen LogP contribution in [0.5, 0.6) is 0 Å². The van der Waals surface area contributed by atoms with Crippen molar-refractivity contribution in [1.29, 1.82) is 0 Å². The lowest BCUT2D eigenvalue weighted by Crippen LogP contribution is -2.33. The zero-order valence-corrected chi connectivity index (χ0v) is 10.4. The Labute approximate surface area is 107 Å². The summed E-state index contributed by atoms with van der Waals surface area (Å²) in [6.07, 6.45) is -0.889. The standard InChI is InChI=1S/C10H14N2O5S/c1-18-10-11-6(14)2-3-12(10)9-8(16)7(15)5(4-13)17-9/h2-3,5,7-9,13,15-16H,4H2,1H3/t5-,7-,8-,9-/m0/s1. The van der Waals surface area contributed by atoms with E-state index in [1.807, 2.05) is 0 Å². The van der Waals surface area contributed by atoms with Gasteiger partial charge in [0, 0.05) is 12.3 Å². The highest BCUT2D eigenvalue weighted by atomic mass is 32.2. The molecular formula is C10H14N2O5S. The van der Waals surface area contributed by atoms with Gasteiger partial charge >= 0.3 is 0 Å². The zero-order chi connectivity index (χ0) is 13.3. The summed E-state index contributed by atoms with van der Waals surface area (Å²) in [5.41, 5.74) is -0.387. The molecule has 0 saturated carbocycles. The molecule has 0 amide bonds. The molecule has 0 aromatic carbocycles. The normalized spacial score (nSPS) is 31.8. The van der Waals surface area contributed by atoms with Crippen LogP contribution in [0, 0.1) is 0 Å². The molecular weight excluding hydrogens is 260 g/mol. The molecule has 0 unspecified atom stereocenters. The summed E-state index contributed by atoms with van der Waals surface area (Å²) < 4.78 is 6.83. The molecule has 4 atom stereocenters. The summed E-state index contributed by atoms with van der Waals surface area (Å²) in [4.78, 5) is 14.9. The molecule has 1 aromatic heterocycles. The van der Waals surface area contributed by atoms with Crippen molar-refractivity contribution in [3.8, 4) is 0 Å². The smallest absolute Gasteiger partial charge is 0.273 e. The van der Waals surface area contributed by atoms with Gasteiger partial charge in [0.05, 0.1) is 6.61 Å². The number of hydrogen-bond donors (Lipinski definition) is 3. The average molecular weight is 274 g/mol. The first-order chi connectivity index (χ1) is 8.58. The SMILES string of the molecule is CSc1nc(=O)ccn1[C@H]1O[C@@H](CO)[C@H](O)[C@@H]1O. The number of thioether (sulfide) groups is 1. The van der Waals surface area contributed by atoms with Gasteiger partial charge in [0.2, 0.25) is 0 Å². The van der Waals surface area contributed by atoms with Gasteiger partial charge in [-0.1, -0.05) is 11.8 Å². The Hall–Kier alpha value is -0.930. The lowest BCUT2D eigenvalue weighted by Gasteiger charge is -2.20. The van der Waals surface area contributed by atoms with Gasteiger partial charge in [0.1, 0.15) is 18.3 Å². The van der Waals surface area contributed by atoms with Crippen molar-refractivity contribution >= 4 is 11.8 Å². The maximum Gasteiger partial charge on any atom is 0.273 e. The van der Waals surface area contributed by atoms with Crippen LogP contribution in [0.3, 0.4) is 0 Å². The second-order valence-corrected chi connectivity index (χ2v) is 4.66. The van der Waals surface area contributed by atoms with Crippen LogP contribution in [0.25, 0.3) is 0 Å². The molecule has 18 heavy (non-hydrogen) atoms. The van der Waals surface area contributed by atoms with Crippen LogP contribution in [-0.2, 0) is 4.74 Å². The van der Waals surface area contributed by atoms with Crippen LogP contribution in [0.4, 0.5) is 0 Å². The van der Waals surface area contributed by atoms with Gasteiger partial charge < -0.3 is 20.1 Å². The van der Waals surface area contributed by atoms with E-state index in [0.717, 1.165) is 0 Å². The van der Waals surface area contributed by atoms with Crippen molar-refractivity contribution in [2.24, 2.45) is 0 Å². The Kier molecular flexibility index (Phi) is 4.03. The van der Waals surface area contributed by atoms with Gasteiger partial charge in [-0.2, -0.15) is 4.98 Å². The molecule has 2 heterocycles. The third-order valence-corrected chi connectivity index (χ3v) is 3.45. The fourth-order valence-corrected chi connectivity index (χ4v) is 2.41. The van der Waals surface area contributed by atoms with Crippen molar-refractivity contribution < 1.29 is 20.1 Å². The van der Waals surface area contributed by atoms with Gasteiger partial charge in [-0.05, 0) is 6.26 Å². The molecule has 0 aliphatic carbocycles. The Balaban J connectivity index is 2.35. The van der Waals surface area contributed by atoms with E-state index in [9.17, 15) is 15.0 Å². The van der Waals surface area contributed by atoms with Crippen LogP contribution < -0.4 is 5.56 Å². The number of nitrogens with zero attached hydrogens (tertiary/aromatic N) is 2. The van der Waals surface area contributed by atoms with Crippen molar-refractivity contribution in [3.05, 3.63) is 22.6 Å². The van der Waals surface area contributed by atoms with E-state index < -0.39 is 31.1 Å². The van der Waals surface area contributed by atoms with Crippen molar-refractivity contribution in [1.82, 2.24) is 9.55 Å². The maximum atomic E-state index is 11.2. The summed E-state index contributed by atoms with van der Waals surface area (Å²) in [5, 5.41) is 28.9. The first-order valence-corrected chi connectivity index (χ1v) is 6.56.